The number of aromatic nitrogens is 1. The molecular weight excluding hydrogens is 837 g/mol. The summed E-state index contributed by atoms with van der Waals surface area (Å²) < 4.78 is 8.62. The number of rotatable bonds is 9. The van der Waals surface area contributed by atoms with E-state index in [0.717, 1.165) is 66.9 Å². The van der Waals surface area contributed by atoms with Gasteiger partial charge in [0, 0.05) is 44.2 Å². The van der Waals surface area contributed by atoms with Gasteiger partial charge in [0.15, 0.2) is 0 Å². The first kappa shape index (κ1) is 40.1. The Hall–Kier alpha value is -9.18. The fourth-order valence-corrected chi connectivity index (χ4v) is 10.3. The summed E-state index contributed by atoms with van der Waals surface area (Å²) in [5.74, 6) is 0. The molecule has 69 heavy (non-hydrogen) atoms. The lowest BCUT2D eigenvalue weighted by molar-refractivity contribution is 0.669. The van der Waals surface area contributed by atoms with Crippen LogP contribution in [0.3, 0.4) is 0 Å². The minimum atomic E-state index is 0.906. The summed E-state index contributed by atoms with van der Waals surface area (Å²) in [6.45, 7) is 0. The van der Waals surface area contributed by atoms with E-state index in [1.54, 1.807) is 0 Å². The lowest BCUT2D eigenvalue weighted by Gasteiger charge is -2.26. The van der Waals surface area contributed by atoms with Crippen LogP contribution in [0.15, 0.2) is 271 Å². The Kier molecular flexibility index (Phi) is 9.84. The highest BCUT2D eigenvalue weighted by Crippen LogP contribution is 2.42. The molecule has 0 bridgehead atoms. The summed E-state index contributed by atoms with van der Waals surface area (Å²) in [4.78, 5) is 2.36. The molecule has 2 aromatic heterocycles. The van der Waals surface area contributed by atoms with Gasteiger partial charge < -0.3 is 13.9 Å². The topological polar surface area (TPSA) is 21.3 Å². The van der Waals surface area contributed by atoms with Gasteiger partial charge in [0.05, 0.1) is 16.7 Å². The van der Waals surface area contributed by atoms with Crippen LogP contribution < -0.4 is 4.90 Å². The van der Waals surface area contributed by atoms with Crippen molar-refractivity contribution in [2.45, 2.75) is 0 Å². The van der Waals surface area contributed by atoms with Crippen molar-refractivity contribution in [1.29, 1.82) is 0 Å². The maximum absolute atomic E-state index is 6.21. The molecule has 0 aliphatic carbocycles. The average Bonchev–Trinajstić information content (AvgIpc) is 3.98. The number of hydrogen-bond acceptors (Lipinski definition) is 2. The molecule has 2 heterocycles. The van der Waals surface area contributed by atoms with Crippen LogP contribution in [0, 0.1) is 0 Å². The summed E-state index contributed by atoms with van der Waals surface area (Å²) in [7, 11) is 0. The summed E-state index contributed by atoms with van der Waals surface area (Å²) >= 11 is 0. The molecule has 3 heteroatoms. The van der Waals surface area contributed by atoms with E-state index in [2.05, 4.69) is 264 Å². The Morgan fingerprint density at radius 2 is 0.681 bits per heavy atom. The van der Waals surface area contributed by atoms with E-state index in [9.17, 15) is 0 Å². The standard InChI is InChI=1S/C66H44N2O/c1-2-14-45(15-3-1)51-16-12-17-52(44-51)48-34-40-54(41-35-48)67(53-38-32-47(33-39-53)46-28-30-50(31-29-46)57-22-13-27-65-66(57)60-21-7-11-26-64(60)69-65)55-42-36-49(37-43-55)56-18-4-8-23-61(56)68-62-24-9-5-19-58(62)59-20-6-10-25-63(59)68/h1-44H. The first-order valence-electron chi connectivity index (χ1n) is 23.6. The van der Waals surface area contributed by atoms with Crippen LogP contribution in [0.5, 0.6) is 0 Å². The molecule has 0 aliphatic heterocycles. The maximum Gasteiger partial charge on any atom is 0.136 e. The monoisotopic (exact) mass is 880 g/mol. The zero-order chi connectivity index (χ0) is 45.7. The van der Waals surface area contributed by atoms with Crippen molar-refractivity contribution < 1.29 is 4.42 Å². The number of nitrogens with zero attached hydrogens (tertiary/aromatic N) is 2. The van der Waals surface area contributed by atoms with Crippen LogP contribution in [0.2, 0.25) is 0 Å². The van der Waals surface area contributed by atoms with Crippen molar-refractivity contribution in [3.63, 3.8) is 0 Å². The molecule has 13 rings (SSSR count). The predicted molar refractivity (Wildman–Crippen MR) is 290 cm³/mol. The minimum absolute atomic E-state index is 0.906. The molecule has 13 aromatic rings. The van der Waals surface area contributed by atoms with Crippen LogP contribution in [0.1, 0.15) is 0 Å². The molecule has 0 saturated heterocycles. The molecule has 0 fully saturated rings. The van der Waals surface area contributed by atoms with E-state index in [4.69, 9.17) is 4.42 Å². The smallest absolute Gasteiger partial charge is 0.136 e. The van der Waals surface area contributed by atoms with Gasteiger partial charge in [0.2, 0.25) is 0 Å². The van der Waals surface area contributed by atoms with E-state index < -0.39 is 0 Å². The third kappa shape index (κ3) is 7.16. The summed E-state index contributed by atoms with van der Waals surface area (Å²) in [6.07, 6.45) is 0. The zero-order valence-corrected chi connectivity index (χ0v) is 37.7. The van der Waals surface area contributed by atoms with Crippen LogP contribution in [-0.2, 0) is 0 Å². The highest BCUT2D eigenvalue weighted by atomic mass is 16.3. The van der Waals surface area contributed by atoms with Crippen molar-refractivity contribution in [1.82, 2.24) is 4.57 Å². The minimum Gasteiger partial charge on any atom is -0.456 e. The Balaban J connectivity index is 0.861. The summed E-state index contributed by atoms with van der Waals surface area (Å²) in [6, 6.07) is 96.0. The first-order valence-corrected chi connectivity index (χ1v) is 23.6. The highest BCUT2D eigenvalue weighted by molar-refractivity contribution is 6.12. The van der Waals surface area contributed by atoms with Crippen LogP contribution in [0.25, 0.3) is 105 Å². The molecule has 324 valence electrons. The molecule has 11 aromatic carbocycles. The number of para-hydroxylation sites is 4. The number of hydrogen-bond donors (Lipinski definition) is 0. The van der Waals surface area contributed by atoms with Crippen molar-refractivity contribution in [2.24, 2.45) is 0 Å². The van der Waals surface area contributed by atoms with E-state index in [1.807, 2.05) is 12.1 Å². The van der Waals surface area contributed by atoms with Crippen molar-refractivity contribution in [2.75, 3.05) is 4.90 Å². The number of furan rings is 1. The molecule has 0 amide bonds. The third-order valence-corrected chi connectivity index (χ3v) is 13.6. The predicted octanol–water partition coefficient (Wildman–Crippen LogP) is 18.5. The average molecular weight is 881 g/mol. The molecular formula is C66H44N2O. The second-order valence-corrected chi connectivity index (χ2v) is 17.7. The maximum atomic E-state index is 6.21. The van der Waals surface area contributed by atoms with E-state index in [-0.39, 0.29) is 0 Å². The SMILES string of the molecule is c1ccc(-c2cccc(-c3ccc(N(c4ccc(-c5ccc(-c6cccc7oc8ccccc8c67)cc5)cc4)c4ccc(-c5ccccc5-n5c6ccccc6c6ccccc65)cc4)cc3)c2)cc1. The van der Waals surface area contributed by atoms with Gasteiger partial charge in [-0.2, -0.15) is 0 Å². The molecule has 0 N–H and O–H groups in total. The second-order valence-electron chi connectivity index (χ2n) is 17.7. The lowest BCUT2D eigenvalue weighted by Crippen LogP contribution is -2.09. The molecule has 0 atom stereocenters. The van der Waals surface area contributed by atoms with Crippen molar-refractivity contribution in [3.05, 3.63) is 267 Å². The molecule has 0 radical (unpaired) electrons. The van der Waals surface area contributed by atoms with E-state index >= 15 is 0 Å². The molecule has 0 spiro atoms. The van der Waals surface area contributed by atoms with Gasteiger partial charge in [0.25, 0.3) is 0 Å². The normalized spacial score (nSPS) is 11.5. The van der Waals surface area contributed by atoms with E-state index in [0.29, 0.717) is 0 Å². The fraction of sp³-hybridized carbons (Fsp3) is 0. The Labute approximate surface area is 401 Å². The first-order chi connectivity index (χ1) is 34.2. The van der Waals surface area contributed by atoms with Gasteiger partial charge in [-0.25, -0.2) is 0 Å². The largest absolute Gasteiger partial charge is 0.456 e. The van der Waals surface area contributed by atoms with Crippen LogP contribution in [-0.4, -0.2) is 4.57 Å². The van der Waals surface area contributed by atoms with Gasteiger partial charge in [0.1, 0.15) is 11.2 Å². The molecule has 0 saturated carbocycles. The quantitative estimate of drug-likeness (QED) is 0.144. The van der Waals surface area contributed by atoms with Gasteiger partial charge in [-0.15, -0.1) is 0 Å². The third-order valence-electron chi connectivity index (χ3n) is 13.6. The molecule has 0 aliphatic rings. The van der Waals surface area contributed by atoms with Crippen molar-refractivity contribution in [3.8, 4) is 61.3 Å². The van der Waals surface area contributed by atoms with Crippen molar-refractivity contribution >= 4 is 60.8 Å². The van der Waals surface area contributed by atoms with Gasteiger partial charge in [-0.3, -0.25) is 0 Å². The number of benzene rings is 11. The molecule has 3 nitrogen and oxygen atoms in total. The van der Waals surface area contributed by atoms with Crippen LogP contribution in [0.4, 0.5) is 17.1 Å². The lowest BCUT2D eigenvalue weighted by atomic mass is 9.97. The van der Waals surface area contributed by atoms with Crippen LogP contribution >= 0.6 is 0 Å². The highest BCUT2D eigenvalue weighted by Gasteiger charge is 2.18. The Morgan fingerprint density at radius 3 is 1.32 bits per heavy atom. The Bertz CT molecular complexity index is 3920. The van der Waals surface area contributed by atoms with Gasteiger partial charge in [-0.1, -0.05) is 194 Å². The summed E-state index contributed by atoms with van der Waals surface area (Å²) in [5.41, 5.74) is 20.3. The fourth-order valence-electron chi connectivity index (χ4n) is 10.3. The molecule has 0 unspecified atom stereocenters. The number of fused-ring (bicyclic) bond motifs is 6. The van der Waals surface area contributed by atoms with Gasteiger partial charge in [-0.05, 0) is 123 Å². The second kappa shape index (κ2) is 16.9. The zero-order valence-electron chi connectivity index (χ0n) is 37.7. The number of anilines is 3. The van der Waals surface area contributed by atoms with E-state index in [1.165, 1.54) is 55.2 Å². The summed E-state index contributed by atoms with van der Waals surface area (Å²) in [5, 5.41) is 4.80. The Morgan fingerprint density at radius 1 is 0.275 bits per heavy atom. The van der Waals surface area contributed by atoms with Gasteiger partial charge >= 0.3 is 0 Å².